The molecule has 0 unspecified atom stereocenters. The zero-order chi connectivity index (χ0) is 21.2. The zero-order valence-electron chi connectivity index (χ0n) is 15.6. The van der Waals surface area contributed by atoms with Gasteiger partial charge in [0.05, 0.1) is 14.9 Å². The van der Waals surface area contributed by atoms with Gasteiger partial charge in [-0.05, 0) is 60.7 Å². The van der Waals surface area contributed by atoms with Gasteiger partial charge >= 0.3 is 0 Å². The Morgan fingerprint density at radius 3 is 2.34 bits per heavy atom. The Bertz CT molecular complexity index is 1180. The summed E-state index contributed by atoms with van der Waals surface area (Å²) in [5, 5.41) is 0.815. The molecule has 8 heteroatoms. The molecule has 0 amide bonds. The van der Waals surface area contributed by atoms with Crippen molar-refractivity contribution in [3.05, 3.63) is 82.0 Å². The summed E-state index contributed by atoms with van der Waals surface area (Å²) in [7, 11) is -0.637. The Balaban J connectivity index is 1.76. The van der Waals surface area contributed by atoms with Crippen LogP contribution in [-0.2, 0) is 10.0 Å². The number of hydrogen-bond acceptors (Lipinski definition) is 4. The highest BCUT2D eigenvalue weighted by molar-refractivity contribution is 7.89. The highest BCUT2D eigenvalue weighted by Gasteiger charge is 2.17. The molecule has 2 aromatic carbocycles. The van der Waals surface area contributed by atoms with Crippen LogP contribution in [-0.4, -0.2) is 32.6 Å². The van der Waals surface area contributed by atoms with Crippen LogP contribution in [0.2, 0.25) is 10.0 Å². The van der Waals surface area contributed by atoms with Crippen LogP contribution in [0, 0.1) is 0 Å². The Kier molecular flexibility index (Phi) is 6.29. The second-order valence-electron chi connectivity index (χ2n) is 6.31. The van der Waals surface area contributed by atoms with E-state index in [0.717, 1.165) is 4.31 Å². The van der Waals surface area contributed by atoms with Gasteiger partial charge in [0.1, 0.15) is 11.5 Å². The van der Waals surface area contributed by atoms with Gasteiger partial charge < -0.3 is 4.42 Å². The van der Waals surface area contributed by atoms with E-state index >= 15 is 0 Å². The molecular weight excluding hydrogens is 433 g/mol. The molecule has 0 aliphatic heterocycles. The van der Waals surface area contributed by atoms with Crippen molar-refractivity contribution in [1.29, 1.82) is 0 Å². The minimum Gasteiger partial charge on any atom is -0.457 e. The molecule has 1 heterocycles. The molecule has 0 bridgehead atoms. The normalized spacial score (nSPS) is 12.0. The Hall–Kier alpha value is -2.38. The monoisotopic (exact) mass is 449 g/mol. The molecule has 0 N–H and O–H groups in total. The quantitative estimate of drug-likeness (QED) is 0.373. The molecule has 0 aliphatic rings. The predicted molar refractivity (Wildman–Crippen MR) is 115 cm³/mol. The van der Waals surface area contributed by atoms with Crippen molar-refractivity contribution in [2.45, 2.75) is 4.90 Å². The van der Waals surface area contributed by atoms with Gasteiger partial charge in [-0.3, -0.25) is 4.79 Å². The number of furan rings is 1. The number of carbonyl (C=O) groups is 1. The van der Waals surface area contributed by atoms with Crippen LogP contribution >= 0.6 is 23.2 Å². The standard InChI is InChI=1S/C21H17Cl2NO4S/c1-24(2)29(26,27)16-10-6-14(7-11-16)19(25)12-8-15-9-13-20(28-15)17-4-3-5-18(22)21(17)23/h3-13H,1-2H3/b12-8+. The van der Waals surface area contributed by atoms with Crippen molar-refractivity contribution in [3.8, 4) is 11.3 Å². The van der Waals surface area contributed by atoms with Crippen LogP contribution in [0.3, 0.4) is 0 Å². The number of rotatable bonds is 6. The molecule has 0 fully saturated rings. The second-order valence-corrected chi connectivity index (χ2v) is 9.25. The van der Waals surface area contributed by atoms with E-state index in [1.54, 1.807) is 30.3 Å². The Morgan fingerprint density at radius 2 is 1.69 bits per heavy atom. The number of benzene rings is 2. The van der Waals surface area contributed by atoms with Gasteiger partial charge in [-0.15, -0.1) is 0 Å². The third kappa shape index (κ3) is 4.62. The minimum atomic E-state index is -3.54. The lowest BCUT2D eigenvalue weighted by atomic mass is 10.1. The van der Waals surface area contributed by atoms with E-state index in [0.29, 0.717) is 32.7 Å². The van der Waals surface area contributed by atoms with E-state index in [1.807, 2.05) is 0 Å². The highest BCUT2D eigenvalue weighted by atomic mass is 35.5. The molecule has 0 saturated heterocycles. The Morgan fingerprint density at radius 1 is 1.00 bits per heavy atom. The molecule has 0 aliphatic carbocycles. The van der Waals surface area contributed by atoms with E-state index in [4.69, 9.17) is 27.6 Å². The van der Waals surface area contributed by atoms with Crippen molar-refractivity contribution in [3.63, 3.8) is 0 Å². The number of sulfonamides is 1. The van der Waals surface area contributed by atoms with Crippen molar-refractivity contribution < 1.29 is 17.6 Å². The van der Waals surface area contributed by atoms with Crippen molar-refractivity contribution >= 4 is 45.1 Å². The van der Waals surface area contributed by atoms with E-state index in [-0.39, 0.29) is 10.7 Å². The van der Waals surface area contributed by atoms with Crippen molar-refractivity contribution in [2.24, 2.45) is 0 Å². The first-order valence-corrected chi connectivity index (χ1v) is 10.7. The lowest BCUT2D eigenvalue weighted by Gasteiger charge is -2.11. The van der Waals surface area contributed by atoms with Gasteiger partial charge in [0.15, 0.2) is 5.78 Å². The van der Waals surface area contributed by atoms with Gasteiger partial charge in [-0.1, -0.05) is 29.3 Å². The fourth-order valence-electron chi connectivity index (χ4n) is 2.54. The zero-order valence-corrected chi connectivity index (χ0v) is 17.9. The number of allylic oxidation sites excluding steroid dienone is 1. The molecule has 29 heavy (non-hydrogen) atoms. The maximum absolute atomic E-state index is 12.4. The average Bonchev–Trinajstić information content (AvgIpc) is 3.17. The summed E-state index contributed by atoms with van der Waals surface area (Å²) >= 11 is 12.2. The molecule has 0 atom stereocenters. The predicted octanol–water partition coefficient (Wildman–Crippen LogP) is 5.40. The molecule has 0 radical (unpaired) electrons. The van der Waals surface area contributed by atoms with Gasteiger partial charge in [0.25, 0.3) is 0 Å². The van der Waals surface area contributed by atoms with Gasteiger partial charge in [0.2, 0.25) is 10.0 Å². The molecule has 5 nitrogen and oxygen atoms in total. The first-order chi connectivity index (χ1) is 13.7. The van der Waals surface area contributed by atoms with Gasteiger partial charge in [0, 0.05) is 25.2 Å². The van der Waals surface area contributed by atoms with Crippen LogP contribution in [0.15, 0.2) is 70.0 Å². The molecule has 150 valence electrons. The summed E-state index contributed by atoms with van der Waals surface area (Å²) in [6, 6.07) is 14.5. The first-order valence-electron chi connectivity index (χ1n) is 8.49. The van der Waals surface area contributed by atoms with Crippen LogP contribution in [0.25, 0.3) is 17.4 Å². The Labute approximate surface area is 179 Å². The summed E-state index contributed by atoms with van der Waals surface area (Å²) in [4.78, 5) is 12.5. The minimum absolute atomic E-state index is 0.122. The average molecular weight is 450 g/mol. The lowest BCUT2D eigenvalue weighted by molar-refractivity contribution is 0.104. The summed E-state index contributed by atoms with van der Waals surface area (Å²) in [5.74, 6) is 0.719. The van der Waals surface area contributed by atoms with Crippen molar-refractivity contribution in [2.75, 3.05) is 14.1 Å². The molecule has 0 saturated carbocycles. The summed E-state index contributed by atoms with van der Waals surface area (Å²) < 4.78 is 31.0. The SMILES string of the molecule is CN(C)S(=O)(=O)c1ccc(C(=O)/C=C/c2ccc(-c3cccc(Cl)c3Cl)o2)cc1. The topological polar surface area (TPSA) is 67.6 Å². The number of nitrogens with zero attached hydrogens (tertiary/aromatic N) is 1. The van der Waals surface area contributed by atoms with E-state index < -0.39 is 10.0 Å². The van der Waals surface area contributed by atoms with E-state index in [2.05, 4.69) is 0 Å². The molecule has 3 aromatic rings. The molecule has 1 aromatic heterocycles. The largest absolute Gasteiger partial charge is 0.457 e. The van der Waals surface area contributed by atoms with Crippen LogP contribution in [0.4, 0.5) is 0 Å². The van der Waals surface area contributed by atoms with Crippen molar-refractivity contribution in [1.82, 2.24) is 4.31 Å². The third-order valence-corrected chi connectivity index (χ3v) is 6.81. The maximum Gasteiger partial charge on any atom is 0.242 e. The fraction of sp³-hybridized carbons (Fsp3) is 0.0952. The fourth-order valence-corrected chi connectivity index (χ4v) is 3.83. The van der Waals surface area contributed by atoms with Crippen LogP contribution in [0.1, 0.15) is 16.1 Å². The smallest absolute Gasteiger partial charge is 0.242 e. The van der Waals surface area contributed by atoms with Crippen LogP contribution in [0.5, 0.6) is 0 Å². The summed E-state index contributed by atoms with van der Waals surface area (Å²) in [6.07, 6.45) is 2.90. The number of ketones is 1. The van der Waals surface area contributed by atoms with E-state index in [1.165, 1.54) is 50.5 Å². The lowest BCUT2D eigenvalue weighted by Crippen LogP contribution is -2.22. The van der Waals surface area contributed by atoms with Gasteiger partial charge in [-0.2, -0.15) is 0 Å². The number of hydrogen-bond donors (Lipinski definition) is 0. The highest BCUT2D eigenvalue weighted by Crippen LogP contribution is 2.34. The second kappa shape index (κ2) is 8.55. The van der Waals surface area contributed by atoms with Gasteiger partial charge in [-0.25, -0.2) is 12.7 Å². The van der Waals surface area contributed by atoms with Crippen LogP contribution < -0.4 is 0 Å². The third-order valence-electron chi connectivity index (χ3n) is 4.16. The first kappa shape index (κ1) is 21.3. The maximum atomic E-state index is 12.4. The number of carbonyl (C=O) groups excluding carboxylic acids is 1. The summed E-state index contributed by atoms with van der Waals surface area (Å²) in [6.45, 7) is 0. The van der Waals surface area contributed by atoms with E-state index in [9.17, 15) is 13.2 Å². The molecular formula is C21H17Cl2NO4S. The number of halogens is 2. The molecule has 3 rings (SSSR count). The molecule has 0 spiro atoms. The summed E-state index contributed by atoms with van der Waals surface area (Å²) in [5.41, 5.74) is 1.02.